The first-order chi connectivity index (χ1) is 7.84. The van der Waals surface area contributed by atoms with Crippen LogP contribution < -0.4 is 0 Å². The van der Waals surface area contributed by atoms with E-state index in [-0.39, 0.29) is 0 Å². The monoisotopic (exact) mass is 226 g/mol. The highest BCUT2D eigenvalue weighted by Crippen LogP contribution is 2.24. The second-order valence-electron chi connectivity index (χ2n) is 5.37. The van der Waals surface area contributed by atoms with Crippen molar-refractivity contribution < 1.29 is 4.74 Å². The van der Waals surface area contributed by atoms with Crippen molar-refractivity contribution in [3.8, 4) is 0 Å². The van der Waals surface area contributed by atoms with Crippen LogP contribution in [0.15, 0.2) is 0 Å². The molecule has 0 bridgehead atoms. The summed E-state index contributed by atoms with van der Waals surface area (Å²) in [6.45, 7) is 7.83. The Hall–Kier alpha value is -0.120. The third-order valence-electron chi connectivity index (χ3n) is 3.95. The van der Waals surface area contributed by atoms with Crippen LogP contribution in [0.2, 0.25) is 0 Å². The highest BCUT2D eigenvalue weighted by atomic mass is 16.5. The molecule has 0 radical (unpaired) electrons. The Balaban J connectivity index is 1.57. The molecule has 2 fully saturated rings. The average molecular weight is 226 g/mol. The van der Waals surface area contributed by atoms with E-state index in [1.54, 1.807) is 0 Å². The maximum atomic E-state index is 5.36. The van der Waals surface area contributed by atoms with Gasteiger partial charge in [-0.05, 0) is 25.8 Å². The van der Waals surface area contributed by atoms with E-state index in [2.05, 4.69) is 16.8 Å². The lowest BCUT2D eigenvalue weighted by Gasteiger charge is -2.29. The maximum absolute atomic E-state index is 5.36. The van der Waals surface area contributed by atoms with Crippen LogP contribution in [0.25, 0.3) is 0 Å². The van der Waals surface area contributed by atoms with Gasteiger partial charge in [-0.15, -0.1) is 0 Å². The molecule has 16 heavy (non-hydrogen) atoms. The number of morpholine rings is 1. The van der Waals surface area contributed by atoms with Crippen molar-refractivity contribution in [2.24, 2.45) is 5.92 Å². The van der Waals surface area contributed by atoms with Crippen molar-refractivity contribution in [1.29, 1.82) is 0 Å². The van der Waals surface area contributed by atoms with E-state index in [0.29, 0.717) is 0 Å². The summed E-state index contributed by atoms with van der Waals surface area (Å²) in [5, 5.41) is 0. The molecule has 0 aromatic heterocycles. The van der Waals surface area contributed by atoms with Crippen LogP contribution >= 0.6 is 0 Å². The lowest BCUT2D eigenvalue weighted by molar-refractivity contribution is 0.0339. The van der Waals surface area contributed by atoms with Gasteiger partial charge in [0.25, 0.3) is 0 Å². The van der Waals surface area contributed by atoms with Crippen LogP contribution in [-0.4, -0.2) is 62.8 Å². The molecule has 3 nitrogen and oxygen atoms in total. The first-order valence-corrected chi connectivity index (χ1v) is 6.83. The van der Waals surface area contributed by atoms with Gasteiger partial charge in [-0.3, -0.25) is 4.90 Å². The second-order valence-corrected chi connectivity index (χ2v) is 5.37. The van der Waals surface area contributed by atoms with Crippen molar-refractivity contribution in [1.82, 2.24) is 9.80 Å². The van der Waals surface area contributed by atoms with E-state index in [4.69, 9.17) is 4.74 Å². The smallest absolute Gasteiger partial charge is 0.0594 e. The molecule has 0 amide bonds. The standard InChI is InChI=1S/C13H26N2O/c1-14(12-13-4-2-3-5-13)6-7-15-8-10-16-11-9-15/h13H,2-12H2,1H3. The fourth-order valence-corrected chi connectivity index (χ4v) is 2.86. The minimum absolute atomic E-state index is 0.923. The van der Waals surface area contributed by atoms with E-state index in [0.717, 1.165) is 32.2 Å². The zero-order valence-corrected chi connectivity index (χ0v) is 10.7. The van der Waals surface area contributed by atoms with Gasteiger partial charge in [0.1, 0.15) is 0 Å². The predicted octanol–water partition coefficient (Wildman–Crippen LogP) is 1.44. The Morgan fingerprint density at radius 2 is 1.88 bits per heavy atom. The van der Waals surface area contributed by atoms with E-state index in [9.17, 15) is 0 Å². The number of likely N-dealkylation sites (N-methyl/N-ethyl adjacent to an activating group) is 1. The van der Waals surface area contributed by atoms with Crippen molar-refractivity contribution >= 4 is 0 Å². The predicted molar refractivity (Wildman–Crippen MR) is 66.7 cm³/mol. The molecule has 0 atom stereocenters. The zero-order chi connectivity index (χ0) is 11.2. The third kappa shape index (κ3) is 4.04. The number of rotatable bonds is 5. The maximum Gasteiger partial charge on any atom is 0.0594 e. The van der Waals surface area contributed by atoms with Gasteiger partial charge in [-0.1, -0.05) is 12.8 Å². The Bertz CT molecular complexity index is 186. The van der Waals surface area contributed by atoms with Gasteiger partial charge >= 0.3 is 0 Å². The first-order valence-electron chi connectivity index (χ1n) is 6.83. The lowest BCUT2D eigenvalue weighted by atomic mass is 10.1. The number of hydrogen-bond acceptors (Lipinski definition) is 3. The molecule has 1 saturated heterocycles. The summed E-state index contributed by atoms with van der Waals surface area (Å²) in [6, 6.07) is 0. The quantitative estimate of drug-likeness (QED) is 0.705. The van der Waals surface area contributed by atoms with Gasteiger partial charge in [0, 0.05) is 32.7 Å². The number of hydrogen-bond donors (Lipinski definition) is 0. The van der Waals surface area contributed by atoms with E-state index in [1.165, 1.54) is 45.3 Å². The van der Waals surface area contributed by atoms with Crippen molar-refractivity contribution in [2.45, 2.75) is 25.7 Å². The normalized spacial score (nSPS) is 24.4. The van der Waals surface area contributed by atoms with Gasteiger partial charge in [0.15, 0.2) is 0 Å². The average Bonchev–Trinajstić information content (AvgIpc) is 2.81. The number of ether oxygens (including phenoxy) is 1. The summed E-state index contributed by atoms with van der Waals surface area (Å²) in [4.78, 5) is 5.04. The van der Waals surface area contributed by atoms with E-state index >= 15 is 0 Å². The first kappa shape index (κ1) is 12.3. The Labute approximate surface area is 99.7 Å². The molecule has 2 rings (SSSR count). The van der Waals surface area contributed by atoms with Crippen LogP contribution in [0.5, 0.6) is 0 Å². The molecule has 0 N–H and O–H groups in total. The van der Waals surface area contributed by atoms with Gasteiger partial charge in [-0.25, -0.2) is 0 Å². The van der Waals surface area contributed by atoms with Crippen LogP contribution in [0.1, 0.15) is 25.7 Å². The molecular formula is C13H26N2O. The summed E-state index contributed by atoms with van der Waals surface area (Å²) in [7, 11) is 2.28. The molecule has 0 unspecified atom stereocenters. The van der Waals surface area contributed by atoms with Crippen LogP contribution in [0.4, 0.5) is 0 Å². The molecule has 2 aliphatic rings. The van der Waals surface area contributed by atoms with Gasteiger partial charge < -0.3 is 9.64 Å². The Kier molecular flexibility index (Phi) is 5.07. The minimum Gasteiger partial charge on any atom is -0.379 e. The SMILES string of the molecule is CN(CCN1CCOCC1)CC1CCCC1. The highest BCUT2D eigenvalue weighted by Gasteiger charge is 2.17. The highest BCUT2D eigenvalue weighted by molar-refractivity contribution is 4.71. The fraction of sp³-hybridized carbons (Fsp3) is 1.00. The summed E-state index contributed by atoms with van der Waals surface area (Å²) >= 11 is 0. The van der Waals surface area contributed by atoms with Crippen molar-refractivity contribution in [3.63, 3.8) is 0 Å². The largest absolute Gasteiger partial charge is 0.379 e. The Morgan fingerprint density at radius 3 is 2.56 bits per heavy atom. The van der Waals surface area contributed by atoms with Crippen molar-refractivity contribution in [3.05, 3.63) is 0 Å². The summed E-state index contributed by atoms with van der Waals surface area (Å²) < 4.78 is 5.36. The molecule has 0 aromatic carbocycles. The van der Waals surface area contributed by atoms with E-state index in [1.807, 2.05) is 0 Å². The second kappa shape index (κ2) is 6.58. The molecule has 1 aliphatic carbocycles. The summed E-state index contributed by atoms with van der Waals surface area (Å²) in [5.74, 6) is 0.981. The fourth-order valence-electron chi connectivity index (χ4n) is 2.86. The third-order valence-corrected chi connectivity index (χ3v) is 3.95. The van der Waals surface area contributed by atoms with Gasteiger partial charge in [-0.2, -0.15) is 0 Å². The van der Waals surface area contributed by atoms with Crippen LogP contribution in [0.3, 0.4) is 0 Å². The molecule has 0 spiro atoms. The molecule has 0 aromatic rings. The van der Waals surface area contributed by atoms with Crippen molar-refractivity contribution in [2.75, 3.05) is 53.0 Å². The van der Waals surface area contributed by atoms with Gasteiger partial charge in [0.05, 0.1) is 13.2 Å². The molecular weight excluding hydrogens is 200 g/mol. The van der Waals surface area contributed by atoms with Crippen LogP contribution in [0, 0.1) is 5.92 Å². The topological polar surface area (TPSA) is 15.7 Å². The minimum atomic E-state index is 0.923. The van der Waals surface area contributed by atoms with Crippen LogP contribution in [-0.2, 0) is 4.74 Å². The molecule has 1 aliphatic heterocycles. The molecule has 3 heteroatoms. The van der Waals surface area contributed by atoms with Gasteiger partial charge in [0.2, 0.25) is 0 Å². The molecule has 1 saturated carbocycles. The molecule has 1 heterocycles. The molecule has 94 valence electrons. The summed E-state index contributed by atoms with van der Waals surface area (Å²) in [5.41, 5.74) is 0. The summed E-state index contributed by atoms with van der Waals surface area (Å²) in [6.07, 6.45) is 5.84. The number of nitrogens with zero attached hydrogens (tertiary/aromatic N) is 2. The Morgan fingerprint density at radius 1 is 1.19 bits per heavy atom. The lowest BCUT2D eigenvalue weighted by Crippen LogP contribution is -2.41. The van der Waals surface area contributed by atoms with E-state index < -0.39 is 0 Å². The zero-order valence-electron chi connectivity index (χ0n) is 10.7.